The second-order valence-corrected chi connectivity index (χ2v) is 5.27. The SMILES string of the molecule is C=CCCCB1C2CCCC1CCC2. The minimum atomic E-state index is 1.09. The van der Waals surface area contributed by atoms with Gasteiger partial charge in [0.2, 0.25) is 0 Å². The summed E-state index contributed by atoms with van der Waals surface area (Å²) in [6.07, 6.45) is 15.4. The van der Waals surface area contributed by atoms with Gasteiger partial charge < -0.3 is 0 Å². The van der Waals surface area contributed by atoms with E-state index in [4.69, 9.17) is 0 Å². The van der Waals surface area contributed by atoms with Gasteiger partial charge in [-0.15, -0.1) is 6.58 Å². The number of hydrogen-bond donors (Lipinski definition) is 0. The van der Waals surface area contributed by atoms with E-state index >= 15 is 0 Å². The van der Waals surface area contributed by atoms with Crippen LogP contribution in [-0.2, 0) is 0 Å². The fourth-order valence-electron chi connectivity index (χ4n) is 3.78. The molecule has 2 bridgehead atoms. The minimum absolute atomic E-state index is 1.09. The highest BCUT2D eigenvalue weighted by Crippen LogP contribution is 2.48. The lowest BCUT2D eigenvalue weighted by molar-refractivity contribution is 0.440. The first-order valence-corrected chi connectivity index (χ1v) is 6.52. The fourth-order valence-corrected chi connectivity index (χ4v) is 3.78. The van der Waals surface area contributed by atoms with Crippen LogP contribution < -0.4 is 0 Å². The molecule has 2 rings (SSSR count). The lowest BCUT2D eigenvalue weighted by Gasteiger charge is -2.40. The Balaban J connectivity index is 1.85. The number of rotatable bonds is 4. The van der Waals surface area contributed by atoms with E-state index in [0.29, 0.717) is 0 Å². The second kappa shape index (κ2) is 5.05. The molecule has 0 saturated carbocycles. The molecule has 0 radical (unpaired) electrons. The molecule has 0 nitrogen and oxygen atoms in total. The molecule has 0 amide bonds. The largest absolute Gasteiger partial charge is 0.146 e. The lowest BCUT2D eigenvalue weighted by Crippen LogP contribution is -2.34. The maximum Gasteiger partial charge on any atom is 0.146 e. The summed E-state index contributed by atoms with van der Waals surface area (Å²) in [5, 5.41) is 0. The van der Waals surface area contributed by atoms with Crippen LogP contribution in [0.25, 0.3) is 0 Å². The van der Waals surface area contributed by atoms with Gasteiger partial charge in [0.15, 0.2) is 0 Å². The third-order valence-corrected chi connectivity index (χ3v) is 4.46. The van der Waals surface area contributed by atoms with Crippen LogP contribution in [0.3, 0.4) is 0 Å². The van der Waals surface area contributed by atoms with Crippen molar-refractivity contribution >= 4 is 6.71 Å². The van der Waals surface area contributed by atoms with E-state index in [1.165, 1.54) is 57.7 Å². The molecule has 0 unspecified atom stereocenters. The monoisotopic (exact) mass is 190 g/mol. The normalized spacial score (nSPS) is 31.6. The van der Waals surface area contributed by atoms with Crippen LogP contribution in [0.1, 0.15) is 51.4 Å². The van der Waals surface area contributed by atoms with Crippen molar-refractivity contribution in [2.24, 2.45) is 0 Å². The van der Waals surface area contributed by atoms with Gasteiger partial charge in [0.25, 0.3) is 0 Å². The summed E-state index contributed by atoms with van der Waals surface area (Å²) < 4.78 is 0. The van der Waals surface area contributed by atoms with Gasteiger partial charge in [-0.1, -0.05) is 69.0 Å². The van der Waals surface area contributed by atoms with Gasteiger partial charge in [-0.2, -0.15) is 0 Å². The molecule has 78 valence electrons. The molecule has 2 saturated heterocycles. The lowest BCUT2D eigenvalue weighted by atomic mass is 9.26. The van der Waals surface area contributed by atoms with E-state index in [0.717, 1.165) is 18.3 Å². The number of allylic oxidation sites excluding steroid dienone is 1. The van der Waals surface area contributed by atoms with Gasteiger partial charge in [0, 0.05) is 0 Å². The van der Waals surface area contributed by atoms with Gasteiger partial charge in [-0.05, 0) is 6.42 Å². The Kier molecular flexibility index (Phi) is 3.72. The predicted molar refractivity (Wildman–Crippen MR) is 65.2 cm³/mol. The number of fused-ring (bicyclic) bond motifs is 2. The Morgan fingerprint density at radius 1 is 1.07 bits per heavy atom. The molecule has 0 spiro atoms. The Morgan fingerprint density at radius 2 is 1.64 bits per heavy atom. The van der Waals surface area contributed by atoms with Crippen molar-refractivity contribution in [3.63, 3.8) is 0 Å². The molecule has 0 aliphatic carbocycles. The highest BCUT2D eigenvalue weighted by molar-refractivity contribution is 6.62. The van der Waals surface area contributed by atoms with Crippen molar-refractivity contribution in [1.82, 2.24) is 0 Å². The second-order valence-electron chi connectivity index (χ2n) is 5.27. The molecule has 2 aliphatic rings. The third-order valence-electron chi connectivity index (χ3n) is 4.46. The Labute approximate surface area is 89.2 Å². The highest BCUT2D eigenvalue weighted by Gasteiger charge is 2.37. The van der Waals surface area contributed by atoms with E-state index in [1.807, 2.05) is 0 Å². The van der Waals surface area contributed by atoms with Crippen molar-refractivity contribution in [3.8, 4) is 0 Å². The first kappa shape index (κ1) is 10.3. The zero-order valence-corrected chi connectivity index (χ0v) is 9.38. The van der Waals surface area contributed by atoms with Crippen molar-refractivity contribution in [3.05, 3.63) is 12.7 Å². The molecule has 1 heteroatoms. The average Bonchev–Trinajstić information content (AvgIpc) is 2.17. The first-order valence-electron chi connectivity index (χ1n) is 6.52. The van der Waals surface area contributed by atoms with Gasteiger partial charge >= 0.3 is 0 Å². The van der Waals surface area contributed by atoms with Crippen LogP contribution in [0.15, 0.2) is 12.7 Å². The van der Waals surface area contributed by atoms with Crippen molar-refractivity contribution in [2.75, 3.05) is 0 Å². The topological polar surface area (TPSA) is 0 Å². The van der Waals surface area contributed by atoms with Crippen LogP contribution in [0.2, 0.25) is 18.0 Å². The van der Waals surface area contributed by atoms with Crippen LogP contribution >= 0.6 is 0 Å². The molecule has 0 N–H and O–H groups in total. The molecule has 14 heavy (non-hydrogen) atoms. The van der Waals surface area contributed by atoms with Gasteiger partial charge in [0.1, 0.15) is 6.71 Å². The summed E-state index contributed by atoms with van der Waals surface area (Å²) in [5.41, 5.74) is 0. The summed E-state index contributed by atoms with van der Waals surface area (Å²) in [4.78, 5) is 0. The summed E-state index contributed by atoms with van der Waals surface area (Å²) >= 11 is 0. The maximum absolute atomic E-state index is 3.82. The standard InChI is InChI=1S/C13H23B/c1-2-3-4-11-14-12-7-5-8-13(14)10-6-9-12/h2,12-13H,1,3-11H2. The van der Waals surface area contributed by atoms with Crippen LogP contribution in [0.4, 0.5) is 0 Å². The number of unbranched alkanes of at least 4 members (excludes halogenated alkanes) is 1. The molecule has 0 aromatic carbocycles. The summed E-state index contributed by atoms with van der Waals surface area (Å²) in [7, 11) is 0. The molecule has 0 aromatic heterocycles. The Hall–Kier alpha value is -0.195. The first-order chi connectivity index (χ1) is 6.92. The molecule has 2 heterocycles. The molecular weight excluding hydrogens is 167 g/mol. The fraction of sp³-hybridized carbons (Fsp3) is 0.846. The van der Waals surface area contributed by atoms with E-state index < -0.39 is 0 Å². The van der Waals surface area contributed by atoms with E-state index in [-0.39, 0.29) is 0 Å². The van der Waals surface area contributed by atoms with Gasteiger partial charge in [0.05, 0.1) is 0 Å². The maximum atomic E-state index is 3.82. The van der Waals surface area contributed by atoms with Gasteiger partial charge in [-0.25, -0.2) is 0 Å². The molecule has 2 fully saturated rings. The smallest absolute Gasteiger partial charge is 0.103 e. The van der Waals surface area contributed by atoms with Crippen molar-refractivity contribution in [2.45, 2.75) is 69.3 Å². The summed E-state index contributed by atoms with van der Waals surface area (Å²) in [6, 6.07) is 0. The molecule has 2 aliphatic heterocycles. The van der Waals surface area contributed by atoms with Crippen LogP contribution in [0, 0.1) is 0 Å². The van der Waals surface area contributed by atoms with Crippen molar-refractivity contribution < 1.29 is 0 Å². The van der Waals surface area contributed by atoms with Crippen LogP contribution in [0.5, 0.6) is 0 Å². The Morgan fingerprint density at radius 3 is 2.14 bits per heavy atom. The molecular formula is C13H23B. The Bertz CT molecular complexity index is 166. The summed E-state index contributed by atoms with van der Waals surface area (Å²) in [6.45, 7) is 4.91. The van der Waals surface area contributed by atoms with Crippen molar-refractivity contribution in [1.29, 1.82) is 0 Å². The zero-order chi connectivity index (χ0) is 9.80. The van der Waals surface area contributed by atoms with E-state index in [9.17, 15) is 0 Å². The van der Waals surface area contributed by atoms with Crippen LogP contribution in [-0.4, -0.2) is 6.71 Å². The number of hydrogen-bond acceptors (Lipinski definition) is 0. The van der Waals surface area contributed by atoms with Gasteiger partial charge in [-0.3, -0.25) is 0 Å². The predicted octanol–water partition coefficient (Wildman–Crippen LogP) is 4.56. The minimum Gasteiger partial charge on any atom is -0.103 e. The quantitative estimate of drug-likeness (QED) is 0.346. The highest BCUT2D eigenvalue weighted by atomic mass is 14.2. The molecule has 0 atom stereocenters. The molecule has 0 aromatic rings. The van der Waals surface area contributed by atoms with E-state index in [2.05, 4.69) is 12.7 Å². The summed E-state index contributed by atoms with van der Waals surface area (Å²) in [5.74, 6) is 2.21. The zero-order valence-electron chi connectivity index (χ0n) is 9.38. The van der Waals surface area contributed by atoms with E-state index in [1.54, 1.807) is 0 Å². The third kappa shape index (κ3) is 2.24. The average molecular weight is 190 g/mol.